The van der Waals surface area contributed by atoms with Gasteiger partial charge in [-0.05, 0) is 24.3 Å². The molecule has 0 bridgehead atoms. The van der Waals surface area contributed by atoms with E-state index in [1.807, 2.05) is 17.0 Å². The zero-order chi connectivity index (χ0) is 13.8. The number of rotatable bonds is 6. The van der Waals surface area contributed by atoms with E-state index in [-0.39, 0.29) is 5.76 Å². The number of benzene rings is 1. The third-order valence-electron chi connectivity index (χ3n) is 2.78. The number of carboxylic acids is 1. The highest BCUT2D eigenvalue weighted by atomic mass is 35.5. The predicted molar refractivity (Wildman–Crippen MR) is 76.8 cm³/mol. The standard InChI is InChI=1S/C13H13Cl2NO3/c14-3-5-16(6-4-15)10-1-2-11-9(7-10)8-12(19-11)13(17)18/h1-2,7-8H,3-6H2,(H,17,18). The second-order valence-corrected chi connectivity index (χ2v) is 4.76. The van der Waals surface area contributed by atoms with E-state index in [1.54, 1.807) is 6.07 Å². The largest absolute Gasteiger partial charge is 0.475 e. The zero-order valence-corrected chi connectivity index (χ0v) is 11.6. The lowest BCUT2D eigenvalue weighted by molar-refractivity contribution is 0.0665. The van der Waals surface area contributed by atoms with E-state index < -0.39 is 5.97 Å². The Labute approximate surface area is 120 Å². The molecule has 0 atom stereocenters. The minimum Gasteiger partial charge on any atom is -0.475 e. The lowest BCUT2D eigenvalue weighted by Gasteiger charge is -2.22. The minimum atomic E-state index is -1.07. The van der Waals surface area contributed by atoms with Crippen molar-refractivity contribution in [2.24, 2.45) is 0 Å². The van der Waals surface area contributed by atoms with Gasteiger partial charge in [0.2, 0.25) is 5.76 Å². The molecule has 1 N–H and O–H groups in total. The number of nitrogens with zero attached hydrogens (tertiary/aromatic N) is 1. The van der Waals surface area contributed by atoms with E-state index in [0.29, 0.717) is 30.4 Å². The Kier molecular flexibility index (Phi) is 4.56. The van der Waals surface area contributed by atoms with Crippen LogP contribution in [-0.4, -0.2) is 35.9 Å². The molecule has 6 heteroatoms. The maximum absolute atomic E-state index is 10.9. The van der Waals surface area contributed by atoms with Gasteiger partial charge in [0.1, 0.15) is 5.58 Å². The molecule has 19 heavy (non-hydrogen) atoms. The van der Waals surface area contributed by atoms with Gasteiger partial charge in [0.25, 0.3) is 0 Å². The normalized spacial score (nSPS) is 10.8. The van der Waals surface area contributed by atoms with Crippen molar-refractivity contribution in [3.05, 3.63) is 30.0 Å². The highest BCUT2D eigenvalue weighted by molar-refractivity contribution is 6.18. The lowest BCUT2D eigenvalue weighted by atomic mass is 10.2. The van der Waals surface area contributed by atoms with Crippen LogP contribution in [0.1, 0.15) is 10.6 Å². The summed E-state index contributed by atoms with van der Waals surface area (Å²) in [5.74, 6) is -0.133. The molecule has 0 aliphatic rings. The third kappa shape index (κ3) is 3.14. The molecule has 102 valence electrons. The molecule has 2 aromatic rings. The highest BCUT2D eigenvalue weighted by Crippen LogP contribution is 2.25. The second-order valence-electron chi connectivity index (χ2n) is 4.00. The first-order valence-corrected chi connectivity index (χ1v) is 6.86. The molecule has 0 aliphatic heterocycles. The first-order chi connectivity index (χ1) is 9.15. The van der Waals surface area contributed by atoms with Gasteiger partial charge in [-0.15, -0.1) is 23.2 Å². The summed E-state index contributed by atoms with van der Waals surface area (Å²) in [6.07, 6.45) is 0. The van der Waals surface area contributed by atoms with Crippen LogP contribution >= 0.6 is 23.2 Å². The summed E-state index contributed by atoms with van der Waals surface area (Å²) in [5, 5.41) is 9.65. The maximum Gasteiger partial charge on any atom is 0.371 e. The van der Waals surface area contributed by atoms with Crippen molar-refractivity contribution >= 4 is 45.8 Å². The SMILES string of the molecule is O=C(O)c1cc2cc(N(CCCl)CCCl)ccc2o1. The number of furan rings is 1. The van der Waals surface area contributed by atoms with Crippen molar-refractivity contribution in [1.29, 1.82) is 0 Å². The van der Waals surface area contributed by atoms with E-state index in [4.69, 9.17) is 32.7 Å². The van der Waals surface area contributed by atoms with Crippen molar-refractivity contribution in [3.8, 4) is 0 Å². The van der Waals surface area contributed by atoms with Crippen molar-refractivity contribution in [1.82, 2.24) is 0 Å². The fourth-order valence-corrected chi connectivity index (χ4v) is 2.31. The van der Waals surface area contributed by atoms with Crippen LogP contribution in [0.25, 0.3) is 11.0 Å². The van der Waals surface area contributed by atoms with Crippen LogP contribution in [0, 0.1) is 0 Å². The summed E-state index contributed by atoms with van der Waals surface area (Å²) in [5.41, 5.74) is 1.50. The van der Waals surface area contributed by atoms with Crippen molar-refractivity contribution in [2.45, 2.75) is 0 Å². The van der Waals surface area contributed by atoms with Crippen molar-refractivity contribution in [2.75, 3.05) is 29.7 Å². The number of fused-ring (bicyclic) bond motifs is 1. The summed E-state index contributed by atoms with van der Waals surface area (Å²) in [6.45, 7) is 1.37. The molecule has 0 fully saturated rings. The summed E-state index contributed by atoms with van der Waals surface area (Å²) in [6, 6.07) is 7.02. The molecule has 2 rings (SSSR count). The van der Waals surface area contributed by atoms with Gasteiger partial charge in [-0.2, -0.15) is 0 Å². The summed E-state index contributed by atoms with van der Waals surface area (Å²) < 4.78 is 5.21. The monoisotopic (exact) mass is 301 g/mol. The molecule has 0 unspecified atom stereocenters. The van der Waals surface area contributed by atoms with Crippen LogP contribution in [0.15, 0.2) is 28.7 Å². The molecular weight excluding hydrogens is 289 g/mol. The van der Waals surface area contributed by atoms with E-state index in [1.165, 1.54) is 6.07 Å². The van der Waals surface area contributed by atoms with Crippen molar-refractivity contribution in [3.63, 3.8) is 0 Å². The number of hydrogen-bond acceptors (Lipinski definition) is 3. The van der Waals surface area contributed by atoms with Crippen LogP contribution in [0.4, 0.5) is 5.69 Å². The minimum absolute atomic E-state index is 0.0617. The van der Waals surface area contributed by atoms with E-state index >= 15 is 0 Å². The Morgan fingerprint density at radius 1 is 1.21 bits per heavy atom. The summed E-state index contributed by atoms with van der Waals surface area (Å²) >= 11 is 11.5. The fraction of sp³-hybridized carbons (Fsp3) is 0.308. The first kappa shape index (κ1) is 14.0. The predicted octanol–water partition coefficient (Wildman–Crippen LogP) is 3.42. The van der Waals surface area contributed by atoms with Gasteiger partial charge in [0.05, 0.1) is 0 Å². The number of halogens is 2. The van der Waals surface area contributed by atoms with Gasteiger partial charge in [-0.3, -0.25) is 0 Å². The Morgan fingerprint density at radius 2 is 1.89 bits per heavy atom. The van der Waals surface area contributed by atoms with E-state index in [9.17, 15) is 4.79 Å². The number of carboxylic acid groups (broad SMARTS) is 1. The number of carbonyl (C=O) groups is 1. The molecule has 0 amide bonds. The van der Waals surface area contributed by atoms with Gasteiger partial charge in [-0.25, -0.2) is 4.79 Å². The highest BCUT2D eigenvalue weighted by Gasteiger charge is 2.12. The van der Waals surface area contributed by atoms with E-state index in [0.717, 1.165) is 11.1 Å². The van der Waals surface area contributed by atoms with E-state index in [2.05, 4.69) is 0 Å². The number of aromatic carboxylic acids is 1. The Bertz CT molecular complexity index is 576. The second kappa shape index (κ2) is 6.17. The number of alkyl halides is 2. The third-order valence-corrected chi connectivity index (χ3v) is 3.12. The lowest BCUT2D eigenvalue weighted by Crippen LogP contribution is -2.27. The Hall–Kier alpha value is -1.39. The zero-order valence-electron chi connectivity index (χ0n) is 10.1. The van der Waals surface area contributed by atoms with Crippen molar-refractivity contribution < 1.29 is 14.3 Å². The van der Waals surface area contributed by atoms with Crippen LogP contribution < -0.4 is 4.90 Å². The van der Waals surface area contributed by atoms with Crippen LogP contribution in [0.3, 0.4) is 0 Å². The molecular formula is C13H13Cl2NO3. The van der Waals surface area contributed by atoms with Crippen LogP contribution in [0.2, 0.25) is 0 Å². The molecule has 0 spiro atoms. The quantitative estimate of drug-likeness (QED) is 0.831. The molecule has 0 radical (unpaired) electrons. The maximum atomic E-state index is 10.9. The summed E-state index contributed by atoms with van der Waals surface area (Å²) in [4.78, 5) is 12.9. The Morgan fingerprint density at radius 3 is 2.47 bits per heavy atom. The van der Waals surface area contributed by atoms with Gasteiger partial charge >= 0.3 is 5.97 Å². The Balaban J connectivity index is 2.36. The first-order valence-electron chi connectivity index (χ1n) is 5.79. The molecule has 1 aromatic carbocycles. The molecule has 0 saturated carbocycles. The van der Waals surface area contributed by atoms with Gasteiger partial charge in [0.15, 0.2) is 0 Å². The van der Waals surface area contributed by atoms with Gasteiger partial charge in [-0.1, -0.05) is 0 Å². The smallest absolute Gasteiger partial charge is 0.371 e. The fourth-order valence-electron chi connectivity index (χ4n) is 1.91. The topological polar surface area (TPSA) is 53.7 Å². The van der Waals surface area contributed by atoms with Gasteiger partial charge in [0, 0.05) is 35.9 Å². The average molecular weight is 302 g/mol. The molecule has 0 saturated heterocycles. The molecule has 1 heterocycles. The number of anilines is 1. The van der Waals surface area contributed by atoms with Crippen LogP contribution in [0.5, 0.6) is 0 Å². The molecule has 1 aromatic heterocycles. The van der Waals surface area contributed by atoms with Crippen LogP contribution in [-0.2, 0) is 0 Å². The van der Waals surface area contributed by atoms with Gasteiger partial charge < -0.3 is 14.4 Å². The molecule has 4 nitrogen and oxygen atoms in total. The average Bonchev–Trinajstić information content (AvgIpc) is 2.81. The summed E-state index contributed by atoms with van der Waals surface area (Å²) in [7, 11) is 0. The molecule has 0 aliphatic carbocycles. The number of hydrogen-bond donors (Lipinski definition) is 1.